The molecule has 38 heavy (non-hydrogen) atoms. The molecule has 8 heteroatoms. The van der Waals surface area contributed by atoms with Gasteiger partial charge in [-0.3, -0.25) is 9.59 Å². The van der Waals surface area contributed by atoms with E-state index in [9.17, 15) is 14.7 Å². The fourth-order valence-electron chi connectivity index (χ4n) is 5.82. The van der Waals surface area contributed by atoms with Gasteiger partial charge in [0.05, 0.1) is 24.1 Å². The molecule has 2 aliphatic rings. The molecule has 0 bridgehead atoms. The van der Waals surface area contributed by atoms with Gasteiger partial charge >= 0.3 is 0 Å². The molecule has 198 valence electrons. The molecule has 4 atom stereocenters. The number of benzene rings is 3. The van der Waals surface area contributed by atoms with Crippen LogP contribution in [-0.2, 0) is 11.2 Å². The van der Waals surface area contributed by atoms with Crippen molar-refractivity contribution in [2.45, 2.75) is 56.2 Å². The van der Waals surface area contributed by atoms with Crippen molar-refractivity contribution < 1.29 is 14.7 Å². The van der Waals surface area contributed by atoms with Crippen molar-refractivity contribution in [1.82, 2.24) is 10.2 Å². The Bertz CT molecular complexity index is 1350. The molecule has 1 aliphatic heterocycles. The third kappa shape index (κ3) is 5.30. The number of nitrogens with zero attached hydrogens (tertiary/aromatic N) is 1. The number of hydrogen-bond acceptors (Lipinski definition) is 3. The largest absolute Gasteiger partial charge is 0.391 e. The summed E-state index contributed by atoms with van der Waals surface area (Å²) in [5.41, 5.74) is 2.68. The van der Waals surface area contributed by atoms with Crippen molar-refractivity contribution in [3.63, 3.8) is 0 Å². The molecule has 0 spiro atoms. The van der Waals surface area contributed by atoms with E-state index in [1.165, 1.54) is 0 Å². The van der Waals surface area contributed by atoms with Crippen LogP contribution in [0.25, 0.3) is 0 Å². The van der Waals surface area contributed by atoms with Gasteiger partial charge in [-0.15, -0.1) is 0 Å². The summed E-state index contributed by atoms with van der Waals surface area (Å²) in [5, 5.41) is 15.6. The van der Waals surface area contributed by atoms with E-state index in [4.69, 9.17) is 34.8 Å². The predicted molar refractivity (Wildman–Crippen MR) is 151 cm³/mol. The highest BCUT2D eigenvalue weighted by molar-refractivity contribution is 6.35. The minimum Gasteiger partial charge on any atom is -0.391 e. The summed E-state index contributed by atoms with van der Waals surface area (Å²) in [6, 6.07) is 18.8. The lowest BCUT2D eigenvalue weighted by atomic mass is 9.76. The highest BCUT2D eigenvalue weighted by Crippen LogP contribution is 2.47. The summed E-state index contributed by atoms with van der Waals surface area (Å²) >= 11 is 19.3. The zero-order valence-electron chi connectivity index (χ0n) is 20.7. The fraction of sp³-hybridized carbons (Fsp3) is 0.333. The van der Waals surface area contributed by atoms with Crippen molar-refractivity contribution in [1.29, 1.82) is 0 Å². The second-order valence-corrected chi connectivity index (χ2v) is 11.2. The number of hydrogen-bond donors (Lipinski definition) is 2. The Morgan fingerprint density at radius 2 is 1.66 bits per heavy atom. The van der Waals surface area contributed by atoms with Crippen LogP contribution in [0.1, 0.15) is 64.7 Å². The standard InChI is InChI=1S/C30H29Cl3N2O3/c31-19-13-14-22(24(33)17-19)28-27(29(37)34-16-15-18-7-1-4-10-23(18)32)20-8-2-3-9-21(20)30(38)35(28)25-11-5-6-12-26(25)36/h1-4,7-10,13-14,17,25-28,36H,5-6,11-12,15-16H2,(H,34,37)/t25-,26-,27+,28-/m0/s1. The molecular formula is C30H29Cl3N2O3. The van der Waals surface area contributed by atoms with Crippen molar-refractivity contribution in [3.8, 4) is 0 Å². The molecule has 0 unspecified atom stereocenters. The molecule has 3 aromatic rings. The van der Waals surface area contributed by atoms with Crippen LogP contribution in [0.15, 0.2) is 66.7 Å². The Labute approximate surface area is 237 Å². The minimum atomic E-state index is -0.733. The van der Waals surface area contributed by atoms with E-state index in [0.29, 0.717) is 57.6 Å². The van der Waals surface area contributed by atoms with Crippen molar-refractivity contribution in [2.24, 2.45) is 0 Å². The number of aliphatic hydroxyl groups excluding tert-OH is 1. The van der Waals surface area contributed by atoms with Crippen LogP contribution in [0.4, 0.5) is 0 Å². The molecule has 2 amide bonds. The first-order valence-corrected chi connectivity index (χ1v) is 14.1. The van der Waals surface area contributed by atoms with Crippen molar-refractivity contribution in [3.05, 3.63) is 104 Å². The Morgan fingerprint density at radius 1 is 0.921 bits per heavy atom. The average molecular weight is 572 g/mol. The second kappa shape index (κ2) is 11.7. The maximum Gasteiger partial charge on any atom is 0.255 e. The maximum atomic E-state index is 14.0. The Hall–Kier alpha value is -2.57. The molecule has 0 saturated heterocycles. The topological polar surface area (TPSA) is 69.6 Å². The van der Waals surface area contributed by atoms with Gasteiger partial charge in [0.15, 0.2) is 0 Å². The van der Waals surface area contributed by atoms with E-state index in [1.807, 2.05) is 36.4 Å². The normalized spacial score (nSPS) is 23.2. The fourth-order valence-corrected chi connectivity index (χ4v) is 6.57. The first-order chi connectivity index (χ1) is 18.4. The van der Waals surface area contributed by atoms with Gasteiger partial charge in [0, 0.05) is 27.2 Å². The van der Waals surface area contributed by atoms with Gasteiger partial charge in [0.25, 0.3) is 5.91 Å². The van der Waals surface area contributed by atoms with Crippen LogP contribution < -0.4 is 5.32 Å². The number of halogens is 3. The molecule has 3 aromatic carbocycles. The number of nitrogens with one attached hydrogen (secondary N) is 1. The summed E-state index contributed by atoms with van der Waals surface area (Å²) in [5.74, 6) is -1.16. The molecule has 1 heterocycles. The van der Waals surface area contributed by atoms with E-state index >= 15 is 0 Å². The lowest BCUT2D eigenvalue weighted by molar-refractivity contribution is -0.125. The highest BCUT2D eigenvalue weighted by atomic mass is 35.5. The van der Waals surface area contributed by atoms with Gasteiger partial charge < -0.3 is 15.3 Å². The van der Waals surface area contributed by atoms with Crippen molar-refractivity contribution >= 4 is 46.6 Å². The van der Waals surface area contributed by atoms with E-state index in [1.54, 1.807) is 35.2 Å². The van der Waals surface area contributed by atoms with Gasteiger partial charge in [0.1, 0.15) is 0 Å². The number of fused-ring (bicyclic) bond motifs is 1. The molecule has 2 N–H and O–H groups in total. The molecule has 0 aromatic heterocycles. The lowest BCUT2D eigenvalue weighted by Gasteiger charge is -2.48. The predicted octanol–water partition coefficient (Wildman–Crippen LogP) is 6.59. The first kappa shape index (κ1) is 27.0. The lowest BCUT2D eigenvalue weighted by Crippen LogP contribution is -2.55. The molecule has 5 rings (SSSR count). The molecule has 1 aliphatic carbocycles. The van der Waals surface area contributed by atoms with Gasteiger partial charge in [-0.2, -0.15) is 0 Å². The monoisotopic (exact) mass is 570 g/mol. The van der Waals surface area contributed by atoms with Crippen LogP contribution in [0.3, 0.4) is 0 Å². The van der Waals surface area contributed by atoms with Gasteiger partial charge in [-0.05, 0) is 60.2 Å². The first-order valence-electron chi connectivity index (χ1n) is 12.9. The van der Waals surface area contributed by atoms with Crippen molar-refractivity contribution in [2.75, 3.05) is 6.54 Å². The Kier molecular flexibility index (Phi) is 8.29. The summed E-state index contributed by atoms with van der Waals surface area (Å²) in [7, 11) is 0. The number of aliphatic hydroxyl groups is 1. The van der Waals surface area contributed by atoms with Crippen LogP contribution in [0.5, 0.6) is 0 Å². The van der Waals surface area contributed by atoms with Gasteiger partial charge in [-0.1, -0.05) is 90.1 Å². The molecule has 0 radical (unpaired) electrons. The molecule has 1 fully saturated rings. The minimum absolute atomic E-state index is 0.206. The van der Waals surface area contributed by atoms with Crippen LogP contribution in [0.2, 0.25) is 15.1 Å². The summed E-state index contributed by atoms with van der Waals surface area (Å²) in [6.07, 6.45) is 2.92. The van der Waals surface area contributed by atoms with Crippen LogP contribution in [-0.4, -0.2) is 40.5 Å². The molecular weight excluding hydrogens is 543 g/mol. The SMILES string of the molecule is O=C(NCCc1ccccc1Cl)[C@@H]1c2ccccc2C(=O)N([C@H]2CCCC[C@@H]2O)[C@H]1c1ccc(Cl)cc1Cl. The van der Waals surface area contributed by atoms with Crippen LogP contribution >= 0.6 is 34.8 Å². The summed E-state index contributed by atoms with van der Waals surface area (Å²) in [4.78, 5) is 29.7. The number of carbonyl (C=O) groups is 2. The average Bonchev–Trinajstić information content (AvgIpc) is 2.90. The summed E-state index contributed by atoms with van der Waals surface area (Å²) < 4.78 is 0. The highest BCUT2D eigenvalue weighted by Gasteiger charge is 2.48. The van der Waals surface area contributed by atoms with Gasteiger partial charge in [-0.25, -0.2) is 0 Å². The van der Waals surface area contributed by atoms with E-state index in [0.717, 1.165) is 18.4 Å². The maximum absolute atomic E-state index is 14.0. The zero-order chi connectivity index (χ0) is 26.8. The number of rotatable bonds is 6. The Balaban J connectivity index is 1.57. The summed E-state index contributed by atoms with van der Waals surface area (Å²) in [6.45, 7) is 0.377. The second-order valence-electron chi connectivity index (χ2n) is 9.94. The number of carbonyl (C=O) groups excluding carboxylic acids is 2. The van der Waals surface area contributed by atoms with Crippen LogP contribution in [0, 0.1) is 0 Å². The van der Waals surface area contributed by atoms with Gasteiger partial charge in [0.2, 0.25) is 5.91 Å². The smallest absolute Gasteiger partial charge is 0.255 e. The third-order valence-corrected chi connectivity index (χ3v) is 8.57. The molecule has 1 saturated carbocycles. The number of amides is 2. The molecule has 5 nitrogen and oxygen atoms in total. The van der Waals surface area contributed by atoms with E-state index in [2.05, 4.69) is 5.32 Å². The Morgan fingerprint density at radius 3 is 2.42 bits per heavy atom. The quantitative estimate of drug-likeness (QED) is 0.351. The van der Waals surface area contributed by atoms with E-state index in [-0.39, 0.29) is 11.8 Å². The van der Waals surface area contributed by atoms with E-state index < -0.39 is 24.1 Å². The zero-order valence-corrected chi connectivity index (χ0v) is 23.0. The third-order valence-electron chi connectivity index (χ3n) is 7.64.